The molecule has 0 fully saturated rings. The normalized spacial score (nSPS) is 13.0. The lowest BCUT2D eigenvalue weighted by Gasteiger charge is -2.16. The fourth-order valence-electron chi connectivity index (χ4n) is 3.26. The molecule has 0 radical (unpaired) electrons. The van der Waals surface area contributed by atoms with Gasteiger partial charge in [0.2, 0.25) is 5.91 Å². The van der Waals surface area contributed by atoms with Crippen LogP contribution in [0, 0.1) is 5.82 Å². The molecule has 5 heteroatoms. The van der Waals surface area contributed by atoms with Gasteiger partial charge in [0.05, 0.1) is 12.8 Å². The molecule has 0 aliphatic heterocycles. The first-order valence-electron chi connectivity index (χ1n) is 8.85. The maximum atomic E-state index is 13.2. The van der Waals surface area contributed by atoms with Gasteiger partial charge in [-0.25, -0.2) is 4.39 Å². The molecular formula is C21H22FNO3. The van der Waals surface area contributed by atoms with Gasteiger partial charge < -0.3 is 10.1 Å². The molecule has 1 aliphatic carbocycles. The van der Waals surface area contributed by atoms with Gasteiger partial charge in [-0.3, -0.25) is 9.59 Å². The average Bonchev–Trinajstić information content (AvgIpc) is 2.67. The van der Waals surface area contributed by atoms with E-state index in [0.717, 1.165) is 19.3 Å². The minimum absolute atomic E-state index is 0.0420. The number of hydrogen-bond donors (Lipinski definition) is 1. The number of carbonyl (C=O) groups is 2. The summed E-state index contributed by atoms with van der Waals surface area (Å²) in [6.07, 6.45) is 4.65. The van der Waals surface area contributed by atoms with Gasteiger partial charge in [0.25, 0.3) is 0 Å². The molecule has 0 saturated carbocycles. The van der Waals surface area contributed by atoms with Crippen molar-refractivity contribution in [2.75, 3.05) is 12.4 Å². The monoisotopic (exact) mass is 355 g/mol. The van der Waals surface area contributed by atoms with Crippen LogP contribution < -0.4 is 10.1 Å². The lowest BCUT2D eigenvalue weighted by atomic mass is 9.89. The summed E-state index contributed by atoms with van der Waals surface area (Å²) >= 11 is 0. The van der Waals surface area contributed by atoms with E-state index in [4.69, 9.17) is 4.74 Å². The van der Waals surface area contributed by atoms with E-state index >= 15 is 0 Å². The standard InChI is InChI=1S/C21H22FNO3/c1-26-20-13-17(22)8-9-18(20)23-21(25)11-10-19(24)16-7-6-14-4-2-3-5-15(14)12-16/h6-9,12-13H,2-5,10-11H2,1H3,(H,23,25). The lowest BCUT2D eigenvalue weighted by molar-refractivity contribution is -0.116. The van der Waals surface area contributed by atoms with Crippen LogP contribution in [-0.4, -0.2) is 18.8 Å². The summed E-state index contributed by atoms with van der Waals surface area (Å²) < 4.78 is 18.2. The molecule has 26 heavy (non-hydrogen) atoms. The molecule has 0 heterocycles. The summed E-state index contributed by atoms with van der Waals surface area (Å²) in [4.78, 5) is 24.5. The highest BCUT2D eigenvalue weighted by atomic mass is 19.1. The van der Waals surface area contributed by atoms with E-state index in [0.29, 0.717) is 11.3 Å². The number of amides is 1. The second kappa shape index (κ2) is 8.13. The summed E-state index contributed by atoms with van der Waals surface area (Å²) in [6, 6.07) is 9.75. The highest BCUT2D eigenvalue weighted by Crippen LogP contribution is 2.25. The topological polar surface area (TPSA) is 55.4 Å². The molecule has 2 aromatic rings. The Labute approximate surface area is 152 Å². The van der Waals surface area contributed by atoms with E-state index in [9.17, 15) is 14.0 Å². The number of rotatable bonds is 6. The number of benzene rings is 2. The third kappa shape index (κ3) is 4.28. The fraction of sp³-hybridized carbons (Fsp3) is 0.333. The Hall–Kier alpha value is -2.69. The average molecular weight is 355 g/mol. The predicted octanol–water partition coefficient (Wildman–Crippen LogP) is 4.31. The first-order chi connectivity index (χ1) is 12.6. The van der Waals surface area contributed by atoms with Gasteiger partial charge in [-0.1, -0.05) is 12.1 Å². The maximum Gasteiger partial charge on any atom is 0.224 e. The van der Waals surface area contributed by atoms with Crippen molar-refractivity contribution < 1.29 is 18.7 Å². The van der Waals surface area contributed by atoms with Crippen LogP contribution in [0.4, 0.5) is 10.1 Å². The largest absolute Gasteiger partial charge is 0.494 e. The quantitative estimate of drug-likeness (QED) is 0.786. The second-order valence-electron chi connectivity index (χ2n) is 6.51. The zero-order chi connectivity index (χ0) is 18.5. The van der Waals surface area contributed by atoms with Crippen molar-refractivity contribution in [2.45, 2.75) is 38.5 Å². The summed E-state index contributed by atoms with van der Waals surface area (Å²) in [5.74, 6) is -0.539. The van der Waals surface area contributed by atoms with Crippen molar-refractivity contribution >= 4 is 17.4 Å². The van der Waals surface area contributed by atoms with E-state index in [2.05, 4.69) is 5.32 Å². The van der Waals surface area contributed by atoms with Gasteiger partial charge in [0.15, 0.2) is 5.78 Å². The number of aryl methyl sites for hydroxylation is 2. The Kier molecular flexibility index (Phi) is 5.66. The van der Waals surface area contributed by atoms with Gasteiger partial charge in [0, 0.05) is 24.5 Å². The van der Waals surface area contributed by atoms with E-state index in [1.54, 1.807) is 0 Å². The van der Waals surface area contributed by atoms with Crippen LogP contribution in [-0.2, 0) is 17.6 Å². The van der Waals surface area contributed by atoms with Gasteiger partial charge in [-0.2, -0.15) is 0 Å². The minimum atomic E-state index is -0.442. The number of Topliss-reactive ketones (excluding diaryl/α,β-unsaturated/α-hetero) is 1. The number of hydrogen-bond acceptors (Lipinski definition) is 3. The summed E-state index contributed by atoms with van der Waals surface area (Å²) in [5, 5.41) is 2.66. The van der Waals surface area contributed by atoms with E-state index in [-0.39, 0.29) is 30.3 Å². The number of halogens is 1. The van der Waals surface area contributed by atoms with Crippen molar-refractivity contribution in [3.63, 3.8) is 0 Å². The molecule has 4 nitrogen and oxygen atoms in total. The molecular weight excluding hydrogens is 333 g/mol. The van der Waals surface area contributed by atoms with Crippen LogP contribution in [0.5, 0.6) is 5.75 Å². The van der Waals surface area contributed by atoms with E-state index < -0.39 is 5.82 Å². The maximum absolute atomic E-state index is 13.2. The Balaban J connectivity index is 1.58. The molecule has 0 unspecified atom stereocenters. The minimum Gasteiger partial charge on any atom is -0.494 e. The molecule has 1 N–H and O–H groups in total. The summed E-state index contributed by atoms with van der Waals surface area (Å²) in [7, 11) is 1.41. The van der Waals surface area contributed by atoms with Crippen molar-refractivity contribution in [3.05, 3.63) is 58.9 Å². The van der Waals surface area contributed by atoms with Gasteiger partial charge in [-0.05, 0) is 55.0 Å². The number of fused-ring (bicyclic) bond motifs is 1. The molecule has 0 aromatic heterocycles. The third-order valence-electron chi connectivity index (χ3n) is 4.69. The number of methoxy groups -OCH3 is 1. The molecule has 1 amide bonds. The zero-order valence-electron chi connectivity index (χ0n) is 14.8. The van der Waals surface area contributed by atoms with E-state index in [1.165, 1.54) is 42.9 Å². The summed E-state index contributed by atoms with van der Waals surface area (Å²) in [6.45, 7) is 0. The number of anilines is 1. The molecule has 1 aliphatic rings. The molecule has 0 atom stereocenters. The molecule has 3 rings (SSSR count). The first-order valence-corrected chi connectivity index (χ1v) is 8.85. The van der Waals surface area contributed by atoms with Crippen molar-refractivity contribution in [1.82, 2.24) is 0 Å². The van der Waals surface area contributed by atoms with Crippen LogP contribution in [0.3, 0.4) is 0 Å². The van der Waals surface area contributed by atoms with E-state index in [1.807, 2.05) is 18.2 Å². The van der Waals surface area contributed by atoms with Gasteiger partial charge >= 0.3 is 0 Å². The van der Waals surface area contributed by atoms with Crippen LogP contribution in [0.2, 0.25) is 0 Å². The Morgan fingerprint density at radius 2 is 1.81 bits per heavy atom. The number of nitrogens with one attached hydrogen (secondary N) is 1. The molecule has 2 aromatic carbocycles. The Bertz CT molecular complexity index is 832. The molecule has 0 spiro atoms. The highest BCUT2D eigenvalue weighted by Gasteiger charge is 2.15. The van der Waals surface area contributed by atoms with Crippen LogP contribution in [0.25, 0.3) is 0 Å². The Morgan fingerprint density at radius 1 is 1.04 bits per heavy atom. The molecule has 136 valence electrons. The highest BCUT2D eigenvalue weighted by molar-refractivity contribution is 6.00. The van der Waals surface area contributed by atoms with Crippen LogP contribution in [0.1, 0.15) is 47.2 Å². The van der Waals surface area contributed by atoms with Crippen LogP contribution >= 0.6 is 0 Å². The predicted molar refractivity (Wildman–Crippen MR) is 98.2 cm³/mol. The summed E-state index contributed by atoms with van der Waals surface area (Å²) in [5.41, 5.74) is 3.63. The number of carbonyl (C=O) groups excluding carboxylic acids is 2. The smallest absolute Gasteiger partial charge is 0.224 e. The first kappa shape index (κ1) is 18.1. The van der Waals surface area contributed by atoms with Crippen molar-refractivity contribution in [2.24, 2.45) is 0 Å². The van der Waals surface area contributed by atoms with Crippen molar-refractivity contribution in [1.29, 1.82) is 0 Å². The SMILES string of the molecule is COc1cc(F)ccc1NC(=O)CCC(=O)c1ccc2c(c1)CCCC2. The zero-order valence-corrected chi connectivity index (χ0v) is 14.8. The number of ketones is 1. The molecule has 0 bridgehead atoms. The molecule has 0 saturated heterocycles. The lowest BCUT2D eigenvalue weighted by Crippen LogP contribution is -2.14. The third-order valence-corrected chi connectivity index (χ3v) is 4.69. The van der Waals surface area contributed by atoms with Crippen molar-refractivity contribution in [3.8, 4) is 5.75 Å². The van der Waals surface area contributed by atoms with Gasteiger partial charge in [-0.15, -0.1) is 0 Å². The van der Waals surface area contributed by atoms with Crippen LogP contribution in [0.15, 0.2) is 36.4 Å². The Morgan fingerprint density at radius 3 is 2.58 bits per heavy atom. The number of ether oxygens (including phenoxy) is 1. The van der Waals surface area contributed by atoms with Gasteiger partial charge in [0.1, 0.15) is 11.6 Å². The second-order valence-corrected chi connectivity index (χ2v) is 6.51. The fourth-order valence-corrected chi connectivity index (χ4v) is 3.26.